The maximum absolute atomic E-state index is 13.3. The highest BCUT2D eigenvalue weighted by Crippen LogP contribution is 2.22. The number of benzene rings is 2. The predicted octanol–water partition coefficient (Wildman–Crippen LogP) is 4.48. The number of hydrogen-bond donors (Lipinski definition) is 1. The highest BCUT2D eigenvalue weighted by atomic mass is 79.9. The average Bonchev–Trinajstić information content (AvgIpc) is 2.31. The van der Waals surface area contributed by atoms with Gasteiger partial charge in [0.1, 0.15) is 23.1 Å². The van der Waals surface area contributed by atoms with Crippen LogP contribution in [0.15, 0.2) is 40.9 Å². The van der Waals surface area contributed by atoms with Crippen LogP contribution < -0.4 is 5.32 Å². The molecule has 5 heteroatoms. The quantitative estimate of drug-likeness (QED) is 0.880. The molecule has 18 heavy (non-hydrogen) atoms. The molecule has 0 spiro atoms. The van der Waals surface area contributed by atoms with E-state index in [1.807, 2.05) is 0 Å². The standard InChI is InChI=1S/C13H9BrF3N/c14-10-6-9(15)5-4-8(10)7-18-13-11(16)2-1-3-12(13)17/h1-6,18H,7H2. The number of halogens is 4. The Morgan fingerprint density at radius 3 is 2.28 bits per heavy atom. The van der Waals surface area contributed by atoms with Crippen molar-refractivity contribution < 1.29 is 13.2 Å². The minimum Gasteiger partial charge on any atom is -0.376 e. The van der Waals surface area contributed by atoms with Crippen molar-refractivity contribution in [2.75, 3.05) is 5.32 Å². The predicted molar refractivity (Wildman–Crippen MR) is 67.8 cm³/mol. The van der Waals surface area contributed by atoms with Crippen LogP contribution in [-0.2, 0) is 6.54 Å². The Morgan fingerprint density at radius 1 is 1.00 bits per heavy atom. The Bertz CT molecular complexity index is 552. The van der Waals surface area contributed by atoms with Crippen molar-refractivity contribution in [1.82, 2.24) is 0 Å². The van der Waals surface area contributed by atoms with Gasteiger partial charge in [0.15, 0.2) is 0 Å². The van der Waals surface area contributed by atoms with Gasteiger partial charge >= 0.3 is 0 Å². The lowest BCUT2D eigenvalue weighted by Gasteiger charge is -2.10. The van der Waals surface area contributed by atoms with Crippen LogP contribution in [0, 0.1) is 17.5 Å². The fraction of sp³-hybridized carbons (Fsp3) is 0.0769. The van der Waals surface area contributed by atoms with E-state index < -0.39 is 11.6 Å². The number of anilines is 1. The zero-order valence-electron chi connectivity index (χ0n) is 9.18. The van der Waals surface area contributed by atoms with E-state index in [1.54, 1.807) is 6.07 Å². The summed E-state index contributed by atoms with van der Waals surface area (Å²) in [5.41, 5.74) is 0.521. The summed E-state index contributed by atoms with van der Waals surface area (Å²) in [7, 11) is 0. The maximum atomic E-state index is 13.3. The van der Waals surface area contributed by atoms with Gasteiger partial charge < -0.3 is 5.32 Å². The normalized spacial score (nSPS) is 10.4. The van der Waals surface area contributed by atoms with Crippen LogP contribution in [0.5, 0.6) is 0 Å². The largest absolute Gasteiger partial charge is 0.376 e. The molecule has 2 aromatic carbocycles. The summed E-state index contributed by atoms with van der Waals surface area (Å²) in [6.45, 7) is 0.193. The summed E-state index contributed by atoms with van der Waals surface area (Å²) in [6, 6.07) is 7.78. The first-order valence-corrected chi connectivity index (χ1v) is 5.99. The number of nitrogens with one attached hydrogen (secondary N) is 1. The lowest BCUT2D eigenvalue weighted by molar-refractivity contribution is 0.588. The van der Waals surface area contributed by atoms with Gasteiger partial charge in [0.05, 0.1) is 0 Å². The van der Waals surface area contributed by atoms with Crippen LogP contribution in [0.2, 0.25) is 0 Å². The van der Waals surface area contributed by atoms with Gasteiger partial charge in [-0.3, -0.25) is 0 Å². The first kappa shape index (κ1) is 13.0. The van der Waals surface area contributed by atoms with E-state index in [0.717, 1.165) is 0 Å². The Balaban J connectivity index is 2.16. The summed E-state index contributed by atoms with van der Waals surface area (Å²) < 4.78 is 40.1. The molecule has 0 saturated carbocycles. The molecule has 0 aliphatic rings. The highest BCUT2D eigenvalue weighted by Gasteiger charge is 2.08. The molecule has 0 aliphatic carbocycles. The van der Waals surface area contributed by atoms with E-state index in [4.69, 9.17) is 0 Å². The summed E-state index contributed by atoms with van der Waals surface area (Å²) in [6.07, 6.45) is 0. The molecule has 0 fully saturated rings. The number of para-hydroxylation sites is 1. The first-order chi connectivity index (χ1) is 8.58. The smallest absolute Gasteiger partial charge is 0.149 e. The summed E-state index contributed by atoms with van der Waals surface area (Å²) in [5.74, 6) is -1.69. The summed E-state index contributed by atoms with van der Waals surface area (Å²) in [5, 5.41) is 2.66. The molecule has 0 bridgehead atoms. The molecule has 0 unspecified atom stereocenters. The van der Waals surface area contributed by atoms with Crippen LogP contribution in [-0.4, -0.2) is 0 Å². The van der Waals surface area contributed by atoms with Gasteiger partial charge in [0.25, 0.3) is 0 Å². The van der Waals surface area contributed by atoms with Crippen molar-refractivity contribution in [3.05, 3.63) is 63.9 Å². The van der Waals surface area contributed by atoms with Crippen molar-refractivity contribution in [1.29, 1.82) is 0 Å². The molecular formula is C13H9BrF3N. The van der Waals surface area contributed by atoms with Crippen molar-refractivity contribution >= 4 is 21.6 Å². The molecule has 0 atom stereocenters. The monoisotopic (exact) mass is 315 g/mol. The van der Waals surface area contributed by atoms with Crippen LogP contribution in [0.3, 0.4) is 0 Å². The zero-order valence-corrected chi connectivity index (χ0v) is 10.8. The molecule has 0 aromatic heterocycles. The Morgan fingerprint density at radius 2 is 1.67 bits per heavy atom. The molecule has 1 nitrogen and oxygen atoms in total. The van der Waals surface area contributed by atoms with Gasteiger partial charge in [-0.05, 0) is 29.8 Å². The fourth-order valence-corrected chi connectivity index (χ4v) is 2.01. The summed E-state index contributed by atoms with van der Waals surface area (Å²) >= 11 is 3.19. The molecule has 0 radical (unpaired) electrons. The fourth-order valence-electron chi connectivity index (χ4n) is 1.52. The van der Waals surface area contributed by atoms with Crippen molar-refractivity contribution in [2.24, 2.45) is 0 Å². The third kappa shape index (κ3) is 2.85. The third-order valence-corrected chi connectivity index (χ3v) is 3.17. The second-order valence-corrected chi connectivity index (χ2v) is 4.54. The zero-order chi connectivity index (χ0) is 13.1. The van der Waals surface area contributed by atoms with Crippen molar-refractivity contribution in [2.45, 2.75) is 6.54 Å². The van der Waals surface area contributed by atoms with E-state index in [2.05, 4.69) is 21.2 Å². The number of hydrogen-bond acceptors (Lipinski definition) is 1. The molecule has 0 amide bonds. The first-order valence-electron chi connectivity index (χ1n) is 5.20. The van der Waals surface area contributed by atoms with Gasteiger partial charge in [0, 0.05) is 11.0 Å². The minimum atomic E-state index is -0.659. The second-order valence-electron chi connectivity index (χ2n) is 3.69. The molecule has 0 saturated heterocycles. The SMILES string of the molecule is Fc1ccc(CNc2c(F)cccc2F)c(Br)c1. The van der Waals surface area contributed by atoms with E-state index in [1.165, 1.54) is 30.3 Å². The van der Waals surface area contributed by atoms with Gasteiger partial charge in [0.2, 0.25) is 0 Å². The molecule has 0 heterocycles. The maximum Gasteiger partial charge on any atom is 0.149 e. The molecule has 0 aliphatic heterocycles. The van der Waals surface area contributed by atoms with Gasteiger partial charge in [-0.1, -0.05) is 28.1 Å². The lowest BCUT2D eigenvalue weighted by atomic mass is 10.2. The molecular weight excluding hydrogens is 307 g/mol. The summed E-state index contributed by atoms with van der Waals surface area (Å²) in [4.78, 5) is 0. The third-order valence-electron chi connectivity index (χ3n) is 2.43. The highest BCUT2D eigenvalue weighted by molar-refractivity contribution is 9.10. The molecule has 2 aromatic rings. The van der Waals surface area contributed by atoms with Crippen molar-refractivity contribution in [3.63, 3.8) is 0 Å². The van der Waals surface area contributed by atoms with Crippen LogP contribution in [0.1, 0.15) is 5.56 Å². The molecule has 94 valence electrons. The molecule has 2 rings (SSSR count). The Kier molecular flexibility index (Phi) is 3.91. The van der Waals surface area contributed by atoms with Crippen molar-refractivity contribution in [3.8, 4) is 0 Å². The Labute approximate surface area is 111 Å². The topological polar surface area (TPSA) is 12.0 Å². The van der Waals surface area contributed by atoms with E-state index >= 15 is 0 Å². The Hall–Kier alpha value is -1.49. The van der Waals surface area contributed by atoms with Gasteiger partial charge in [-0.15, -0.1) is 0 Å². The van der Waals surface area contributed by atoms with E-state index in [0.29, 0.717) is 10.0 Å². The minimum absolute atomic E-state index is 0.186. The average molecular weight is 316 g/mol. The van der Waals surface area contributed by atoms with Crippen LogP contribution in [0.25, 0.3) is 0 Å². The second kappa shape index (κ2) is 5.44. The number of rotatable bonds is 3. The van der Waals surface area contributed by atoms with Crippen LogP contribution in [0.4, 0.5) is 18.9 Å². The van der Waals surface area contributed by atoms with Gasteiger partial charge in [-0.2, -0.15) is 0 Å². The van der Waals surface area contributed by atoms with E-state index in [-0.39, 0.29) is 18.0 Å². The van der Waals surface area contributed by atoms with Crippen LogP contribution >= 0.6 is 15.9 Å². The lowest BCUT2D eigenvalue weighted by Crippen LogP contribution is -2.04. The molecule has 1 N–H and O–H groups in total. The van der Waals surface area contributed by atoms with Gasteiger partial charge in [-0.25, -0.2) is 13.2 Å². The van der Waals surface area contributed by atoms with E-state index in [9.17, 15) is 13.2 Å².